The molecule has 1 N–H and O–H groups in total. The Kier molecular flexibility index (Phi) is 5.16. The molecule has 0 aliphatic heterocycles. The standard InChI is InChI=1S/C13H15Cl2N3S/c1-8(2)16-7-6-11-17-18-13(19-11)9-4-3-5-10(14)12(9)15/h3-5,8,16H,6-7H2,1-2H3. The Labute approximate surface area is 127 Å². The monoisotopic (exact) mass is 315 g/mol. The first-order valence-corrected chi connectivity index (χ1v) is 7.65. The predicted molar refractivity (Wildman–Crippen MR) is 82.2 cm³/mol. The van der Waals surface area contributed by atoms with Gasteiger partial charge in [0.1, 0.15) is 10.0 Å². The van der Waals surface area contributed by atoms with E-state index in [0.29, 0.717) is 16.1 Å². The second-order valence-electron chi connectivity index (χ2n) is 4.46. The number of halogens is 2. The van der Waals surface area contributed by atoms with E-state index in [1.165, 1.54) is 0 Å². The van der Waals surface area contributed by atoms with Crippen molar-refractivity contribution in [3.63, 3.8) is 0 Å². The van der Waals surface area contributed by atoms with E-state index < -0.39 is 0 Å². The van der Waals surface area contributed by atoms with Gasteiger partial charge in [-0.25, -0.2) is 0 Å². The van der Waals surface area contributed by atoms with Gasteiger partial charge >= 0.3 is 0 Å². The maximum absolute atomic E-state index is 6.18. The van der Waals surface area contributed by atoms with Gasteiger partial charge in [-0.1, -0.05) is 60.5 Å². The van der Waals surface area contributed by atoms with Gasteiger partial charge in [0.2, 0.25) is 0 Å². The molecule has 1 aromatic heterocycles. The van der Waals surface area contributed by atoms with Crippen molar-refractivity contribution in [1.82, 2.24) is 15.5 Å². The van der Waals surface area contributed by atoms with E-state index in [9.17, 15) is 0 Å². The molecule has 102 valence electrons. The van der Waals surface area contributed by atoms with Gasteiger partial charge in [-0.15, -0.1) is 10.2 Å². The molecule has 0 saturated carbocycles. The normalized spacial score (nSPS) is 11.2. The molecule has 1 heterocycles. The Balaban J connectivity index is 2.10. The first-order valence-electron chi connectivity index (χ1n) is 6.08. The molecule has 0 spiro atoms. The lowest BCUT2D eigenvalue weighted by atomic mass is 10.2. The molecule has 0 bridgehead atoms. The summed E-state index contributed by atoms with van der Waals surface area (Å²) in [6, 6.07) is 6.02. The third-order valence-corrected chi connectivity index (χ3v) is 4.38. The quantitative estimate of drug-likeness (QED) is 0.904. The van der Waals surface area contributed by atoms with Crippen molar-refractivity contribution in [2.45, 2.75) is 26.3 Å². The van der Waals surface area contributed by atoms with Gasteiger partial charge in [0, 0.05) is 24.6 Å². The lowest BCUT2D eigenvalue weighted by Crippen LogP contribution is -2.24. The molecular weight excluding hydrogens is 301 g/mol. The zero-order valence-corrected chi connectivity index (χ0v) is 13.1. The molecule has 0 atom stereocenters. The van der Waals surface area contributed by atoms with E-state index in [0.717, 1.165) is 28.5 Å². The molecule has 6 heteroatoms. The average Bonchev–Trinajstić information content (AvgIpc) is 2.81. The summed E-state index contributed by atoms with van der Waals surface area (Å²) < 4.78 is 0. The van der Waals surface area contributed by atoms with Gasteiger partial charge in [0.05, 0.1) is 10.0 Å². The van der Waals surface area contributed by atoms with Crippen molar-refractivity contribution < 1.29 is 0 Å². The van der Waals surface area contributed by atoms with Crippen LogP contribution in [0.5, 0.6) is 0 Å². The van der Waals surface area contributed by atoms with Crippen molar-refractivity contribution >= 4 is 34.5 Å². The van der Waals surface area contributed by atoms with Crippen molar-refractivity contribution in [2.24, 2.45) is 0 Å². The van der Waals surface area contributed by atoms with Crippen LogP contribution < -0.4 is 5.32 Å². The SMILES string of the molecule is CC(C)NCCc1nnc(-c2cccc(Cl)c2Cl)s1. The van der Waals surface area contributed by atoms with Crippen LogP contribution in [0, 0.1) is 0 Å². The maximum Gasteiger partial charge on any atom is 0.149 e. The average molecular weight is 316 g/mol. The molecule has 0 saturated heterocycles. The molecular formula is C13H15Cl2N3S. The number of benzene rings is 1. The van der Waals surface area contributed by atoms with Crippen molar-refractivity contribution in [2.75, 3.05) is 6.54 Å². The number of aromatic nitrogens is 2. The van der Waals surface area contributed by atoms with Gasteiger partial charge in [-0.05, 0) is 6.07 Å². The molecule has 3 nitrogen and oxygen atoms in total. The number of hydrogen-bond donors (Lipinski definition) is 1. The van der Waals surface area contributed by atoms with Crippen LogP contribution in [0.15, 0.2) is 18.2 Å². The fraction of sp³-hybridized carbons (Fsp3) is 0.385. The van der Waals surface area contributed by atoms with E-state index in [-0.39, 0.29) is 0 Å². The first kappa shape index (κ1) is 14.7. The van der Waals surface area contributed by atoms with Crippen LogP contribution in [-0.4, -0.2) is 22.8 Å². The number of hydrogen-bond acceptors (Lipinski definition) is 4. The minimum Gasteiger partial charge on any atom is -0.314 e. The summed E-state index contributed by atoms with van der Waals surface area (Å²) in [5.74, 6) is 0. The zero-order valence-electron chi connectivity index (χ0n) is 10.8. The molecule has 0 aliphatic carbocycles. The molecule has 2 aromatic rings. The molecule has 0 unspecified atom stereocenters. The maximum atomic E-state index is 6.18. The van der Waals surface area contributed by atoms with E-state index in [1.807, 2.05) is 12.1 Å². The molecule has 0 radical (unpaired) electrons. The van der Waals surface area contributed by atoms with E-state index in [2.05, 4.69) is 29.4 Å². The van der Waals surface area contributed by atoms with Gasteiger partial charge in [0.15, 0.2) is 0 Å². The van der Waals surface area contributed by atoms with Crippen LogP contribution in [0.2, 0.25) is 10.0 Å². The van der Waals surface area contributed by atoms with Crippen molar-refractivity contribution in [3.05, 3.63) is 33.3 Å². The number of rotatable bonds is 5. The second kappa shape index (κ2) is 6.66. The highest BCUT2D eigenvalue weighted by Crippen LogP contribution is 2.34. The predicted octanol–water partition coefficient (Wildman–Crippen LogP) is 4.05. The molecule has 0 aliphatic rings. The largest absolute Gasteiger partial charge is 0.314 e. The highest BCUT2D eigenvalue weighted by molar-refractivity contribution is 7.14. The van der Waals surface area contributed by atoms with Crippen LogP contribution in [0.4, 0.5) is 0 Å². The molecule has 19 heavy (non-hydrogen) atoms. The summed E-state index contributed by atoms with van der Waals surface area (Å²) in [5, 5.41) is 14.6. The molecule has 0 fully saturated rings. The fourth-order valence-corrected chi connectivity index (χ4v) is 2.92. The van der Waals surface area contributed by atoms with Crippen LogP contribution in [-0.2, 0) is 6.42 Å². The highest BCUT2D eigenvalue weighted by Gasteiger charge is 2.12. The molecule has 2 rings (SSSR count). The second-order valence-corrected chi connectivity index (χ2v) is 6.31. The van der Waals surface area contributed by atoms with E-state index in [1.54, 1.807) is 17.4 Å². The summed E-state index contributed by atoms with van der Waals surface area (Å²) in [6.07, 6.45) is 0.869. The van der Waals surface area contributed by atoms with Crippen LogP contribution in [0.3, 0.4) is 0 Å². The zero-order chi connectivity index (χ0) is 13.8. The summed E-state index contributed by atoms with van der Waals surface area (Å²) >= 11 is 13.7. The summed E-state index contributed by atoms with van der Waals surface area (Å²) in [7, 11) is 0. The highest BCUT2D eigenvalue weighted by atomic mass is 35.5. The third kappa shape index (κ3) is 3.89. The van der Waals surface area contributed by atoms with Gasteiger partial charge in [0.25, 0.3) is 0 Å². The van der Waals surface area contributed by atoms with Crippen molar-refractivity contribution in [3.8, 4) is 10.6 Å². The summed E-state index contributed by atoms with van der Waals surface area (Å²) in [5.41, 5.74) is 0.842. The minimum absolute atomic E-state index is 0.481. The van der Waals surface area contributed by atoms with Crippen LogP contribution in [0.1, 0.15) is 18.9 Å². The van der Waals surface area contributed by atoms with E-state index >= 15 is 0 Å². The minimum atomic E-state index is 0.481. The Bertz CT molecular complexity index is 555. The number of nitrogens with one attached hydrogen (secondary N) is 1. The topological polar surface area (TPSA) is 37.8 Å². The Hall–Kier alpha value is -0.680. The Morgan fingerprint density at radius 2 is 2.05 bits per heavy atom. The van der Waals surface area contributed by atoms with Gasteiger partial charge in [-0.2, -0.15) is 0 Å². The smallest absolute Gasteiger partial charge is 0.149 e. The first-order chi connectivity index (χ1) is 9.08. The number of nitrogens with zero attached hydrogens (tertiary/aromatic N) is 2. The summed E-state index contributed by atoms with van der Waals surface area (Å²) in [4.78, 5) is 0. The van der Waals surface area contributed by atoms with Gasteiger partial charge < -0.3 is 5.32 Å². The lowest BCUT2D eigenvalue weighted by molar-refractivity contribution is 0.588. The van der Waals surface area contributed by atoms with Crippen LogP contribution >= 0.6 is 34.5 Å². The lowest BCUT2D eigenvalue weighted by Gasteiger charge is -2.05. The third-order valence-electron chi connectivity index (χ3n) is 2.54. The van der Waals surface area contributed by atoms with Gasteiger partial charge in [-0.3, -0.25) is 0 Å². The molecule has 1 aromatic carbocycles. The Morgan fingerprint density at radius 3 is 2.79 bits per heavy atom. The van der Waals surface area contributed by atoms with Crippen molar-refractivity contribution in [1.29, 1.82) is 0 Å². The fourth-order valence-electron chi connectivity index (χ4n) is 1.60. The van der Waals surface area contributed by atoms with E-state index in [4.69, 9.17) is 23.2 Å². The molecule has 0 amide bonds. The summed E-state index contributed by atoms with van der Waals surface area (Å²) in [6.45, 7) is 5.14. The Morgan fingerprint density at radius 1 is 1.26 bits per heavy atom. The van der Waals surface area contributed by atoms with Crippen LogP contribution in [0.25, 0.3) is 10.6 Å².